The Balaban J connectivity index is 1.65. The highest BCUT2D eigenvalue weighted by molar-refractivity contribution is 5.67. The fraction of sp³-hybridized carbons (Fsp3) is 0.739. The van der Waals surface area contributed by atoms with Crippen LogP contribution in [0.15, 0.2) is 0 Å². The minimum Gasteiger partial charge on any atom is -0.491 e. The van der Waals surface area contributed by atoms with Crippen molar-refractivity contribution in [1.29, 1.82) is 0 Å². The van der Waals surface area contributed by atoms with E-state index in [2.05, 4.69) is 0 Å². The molecule has 6 rings (SSSR count). The summed E-state index contributed by atoms with van der Waals surface area (Å²) in [6.07, 6.45) is 9.14. The monoisotopic (exact) mass is 372 g/mol. The highest BCUT2D eigenvalue weighted by Gasteiger charge is 2.47. The minimum absolute atomic E-state index is 0.647. The number of rotatable bonds is 8. The molecule has 5 aliphatic rings. The lowest BCUT2D eigenvalue weighted by molar-refractivity contribution is 0.140. The Morgan fingerprint density at radius 1 is 0.556 bits per heavy atom. The molecule has 0 amide bonds. The molecule has 0 unspecified atom stereocenters. The smallest absolute Gasteiger partial charge is 0.127 e. The lowest BCUT2D eigenvalue weighted by Gasteiger charge is -2.42. The van der Waals surface area contributed by atoms with Crippen molar-refractivity contribution in [3.63, 3.8) is 0 Å². The number of hydrogen-bond acceptors (Lipinski definition) is 4. The van der Waals surface area contributed by atoms with E-state index in [-0.39, 0.29) is 0 Å². The molecule has 2 atom stereocenters. The standard InChI is InChI=1S/C23H32O4/c1-24-9-11-26-22-18-14-3-5-15(6-4-14)19(18)23(27-12-10-25-2)21-17-8-7-16(13-17)20(21)22/h14-17H,3-13H2,1-2H3/t14?,15?,16-,17+. The SMILES string of the molecule is COCCOc1c2c(c(OCCOC)c3c1[C@@H]1CC[C@H]3C1)C1CCC2CC1. The molecule has 27 heavy (non-hydrogen) atoms. The minimum atomic E-state index is 0.647. The van der Waals surface area contributed by atoms with E-state index >= 15 is 0 Å². The van der Waals surface area contributed by atoms with Crippen LogP contribution >= 0.6 is 0 Å². The van der Waals surface area contributed by atoms with Crippen LogP contribution in [0.4, 0.5) is 0 Å². The van der Waals surface area contributed by atoms with Crippen molar-refractivity contribution in [2.24, 2.45) is 0 Å². The van der Waals surface area contributed by atoms with E-state index in [0.717, 1.165) is 0 Å². The van der Waals surface area contributed by atoms with Gasteiger partial charge in [-0.15, -0.1) is 0 Å². The van der Waals surface area contributed by atoms with Gasteiger partial charge in [-0.25, -0.2) is 0 Å². The molecule has 4 bridgehead atoms. The van der Waals surface area contributed by atoms with E-state index in [4.69, 9.17) is 18.9 Å². The molecule has 0 aliphatic heterocycles. The highest BCUT2D eigenvalue weighted by Crippen LogP contribution is 2.65. The topological polar surface area (TPSA) is 36.9 Å². The summed E-state index contributed by atoms with van der Waals surface area (Å²) in [7, 11) is 3.50. The Morgan fingerprint density at radius 2 is 0.926 bits per heavy atom. The Morgan fingerprint density at radius 3 is 1.33 bits per heavy atom. The van der Waals surface area contributed by atoms with Crippen molar-refractivity contribution in [1.82, 2.24) is 0 Å². The largest absolute Gasteiger partial charge is 0.491 e. The molecule has 0 heterocycles. The molecule has 0 aromatic heterocycles. The van der Waals surface area contributed by atoms with Gasteiger partial charge in [-0.05, 0) is 68.6 Å². The zero-order chi connectivity index (χ0) is 18.4. The summed E-state index contributed by atoms with van der Waals surface area (Å²) in [4.78, 5) is 0. The molecule has 148 valence electrons. The molecule has 1 aromatic rings. The first kappa shape index (κ1) is 17.8. The molecule has 0 spiro atoms. The van der Waals surface area contributed by atoms with Gasteiger partial charge in [-0.1, -0.05) is 0 Å². The third-order valence-corrected chi connectivity index (χ3v) is 7.42. The number of fused-ring (bicyclic) bond motifs is 7. The predicted octanol–water partition coefficient (Wildman–Crippen LogP) is 4.86. The molecular formula is C23H32O4. The van der Waals surface area contributed by atoms with Crippen LogP contribution in [-0.4, -0.2) is 40.6 Å². The molecule has 4 heteroatoms. The van der Waals surface area contributed by atoms with Crippen molar-refractivity contribution in [3.8, 4) is 11.5 Å². The van der Waals surface area contributed by atoms with Gasteiger partial charge in [0.05, 0.1) is 13.2 Å². The number of hydrogen-bond donors (Lipinski definition) is 0. The first-order chi connectivity index (χ1) is 13.3. The second kappa shape index (κ2) is 7.29. The maximum Gasteiger partial charge on any atom is 0.127 e. The molecule has 2 saturated carbocycles. The summed E-state index contributed by atoms with van der Waals surface area (Å²) in [5.41, 5.74) is 6.02. The van der Waals surface area contributed by atoms with Crippen molar-refractivity contribution in [3.05, 3.63) is 22.3 Å². The third-order valence-electron chi connectivity index (χ3n) is 7.42. The highest BCUT2D eigenvalue weighted by atomic mass is 16.5. The summed E-state index contributed by atoms with van der Waals surface area (Å²) < 4.78 is 23.5. The second-order valence-corrected chi connectivity index (χ2v) is 8.75. The van der Waals surface area contributed by atoms with Gasteiger partial charge in [0.1, 0.15) is 24.7 Å². The van der Waals surface area contributed by atoms with Gasteiger partial charge >= 0.3 is 0 Å². The maximum atomic E-state index is 6.47. The maximum absolute atomic E-state index is 6.47. The van der Waals surface area contributed by atoms with Crippen LogP contribution in [0.25, 0.3) is 0 Å². The van der Waals surface area contributed by atoms with Crippen LogP contribution in [0.2, 0.25) is 0 Å². The van der Waals surface area contributed by atoms with Crippen molar-refractivity contribution in [2.45, 2.75) is 68.6 Å². The van der Waals surface area contributed by atoms with Crippen LogP contribution in [0.5, 0.6) is 11.5 Å². The van der Waals surface area contributed by atoms with Crippen molar-refractivity contribution < 1.29 is 18.9 Å². The number of methoxy groups -OCH3 is 2. The van der Waals surface area contributed by atoms with Crippen LogP contribution in [0.1, 0.15) is 90.9 Å². The lowest BCUT2D eigenvalue weighted by atomic mass is 9.64. The zero-order valence-electron chi connectivity index (χ0n) is 16.7. The van der Waals surface area contributed by atoms with E-state index < -0.39 is 0 Å². The van der Waals surface area contributed by atoms with E-state index in [9.17, 15) is 0 Å². The van der Waals surface area contributed by atoms with Gasteiger partial charge < -0.3 is 18.9 Å². The Hall–Kier alpha value is -1.26. The molecule has 0 N–H and O–H groups in total. The van der Waals surface area contributed by atoms with E-state index in [1.165, 1.54) is 78.7 Å². The first-order valence-corrected chi connectivity index (χ1v) is 10.8. The second-order valence-electron chi connectivity index (χ2n) is 8.75. The average molecular weight is 373 g/mol. The summed E-state index contributed by atoms with van der Waals surface area (Å²) in [6, 6.07) is 0. The van der Waals surface area contributed by atoms with Gasteiger partial charge in [-0.2, -0.15) is 0 Å². The molecular weight excluding hydrogens is 340 g/mol. The molecule has 4 nitrogen and oxygen atoms in total. The van der Waals surface area contributed by atoms with Crippen LogP contribution in [0.3, 0.4) is 0 Å². The molecule has 0 radical (unpaired) electrons. The summed E-state index contributed by atoms with van der Waals surface area (Å²) in [5.74, 6) is 5.10. The summed E-state index contributed by atoms with van der Waals surface area (Å²) in [5, 5.41) is 0. The van der Waals surface area contributed by atoms with Crippen LogP contribution < -0.4 is 9.47 Å². The van der Waals surface area contributed by atoms with Crippen molar-refractivity contribution >= 4 is 0 Å². The van der Waals surface area contributed by atoms with Gasteiger partial charge in [0.2, 0.25) is 0 Å². The molecule has 1 aromatic carbocycles. The van der Waals surface area contributed by atoms with E-state index in [1.807, 2.05) is 0 Å². The first-order valence-electron chi connectivity index (χ1n) is 10.8. The summed E-state index contributed by atoms with van der Waals surface area (Å²) in [6.45, 7) is 2.59. The Labute approximate surface area is 162 Å². The lowest BCUT2D eigenvalue weighted by Crippen LogP contribution is -2.26. The number of benzene rings is 1. The van der Waals surface area contributed by atoms with Crippen LogP contribution in [-0.2, 0) is 9.47 Å². The van der Waals surface area contributed by atoms with Gasteiger partial charge in [-0.3, -0.25) is 0 Å². The fourth-order valence-corrected chi connectivity index (χ4v) is 6.34. The molecule has 0 saturated heterocycles. The van der Waals surface area contributed by atoms with Gasteiger partial charge in [0.25, 0.3) is 0 Å². The Kier molecular flexibility index (Phi) is 4.81. The normalized spacial score (nSPS) is 29.7. The fourth-order valence-electron chi connectivity index (χ4n) is 6.34. The molecule has 5 aliphatic carbocycles. The van der Waals surface area contributed by atoms with E-state index in [1.54, 1.807) is 14.2 Å². The van der Waals surface area contributed by atoms with Gasteiger partial charge in [0.15, 0.2) is 0 Å². The Bertz CT molecular complexity index is 646. The van der Waals surface area contributed by atoms with E-state index in [0.29, 0.717) is 50.1 Å². The zero-order valence-corrected chi connectivity index (χ0v) is 16.7. The number of ether oxygens (including phenoxy) is 4. The quantitative estimate of drug-likeness (QED) is 0.611. The average Bonchev–Trinajstić information content (AvgIpc) is 3.32. The molecule has 2 fully saturated rings. The summed E-state index contributed by atoms with van der Waals surface area (Å²) >= 11 is 0. The third kappa shape index (κ3) is 2.79. The van der Waals surface area contributed by atoms with Crippen molar-refractivity contribution in [2.75, 3.05) is 40.6 Å². The van der Waals surface area contributed by atoms with Crippen LogP contribution in [0, 0.1) is 0 Å². The van der Waals surface area contributed by atoms with Gasteiger partial charge in [0, 0.05) is 36.5 Å². The predicted molar refractivity (Wildman–Crippen MR) is 104 cm³/mol.